The van der Waals surface area contributed by atoms with Crippen molar-refractivity contribution in [2.75, 3.05) is 5.32 Å². The predicted molar refractivity (Wildman–Crippen MR) is 77.8 cm³/mol. The SMILES string of the molecule is C/C(=C/SC(F)(F)F)C(=O)Nc1cccc2cccnc12. The maximum absolute atomic E-state index is 12.1. The van der Waals surface area contributed by atoms with Gasteiger partial charge in [0.2, 0.25) is 0 Å². The fourth-order valence-electron chi connectivity index (χ4n) is 1.63. The largest absolute Gasteiger partial charge is 0.445 e. The first kappa shape index (κ1) is 15.4. The van der Waals surface area contributed by atoms with Gasteiger partial charge in [0.15, 0.2) is 0 Å². The van der Waals surface area contributed by atoms with Crippen LogP contribution in [-0.2, 0) is 4.79 Å². The molecule has 0 unspecified atom stereocenters. The lowest BCUT2D eigenvalue weighted by molar-refractivity contribution is -0.112. The monoisotopic (exact) mass is 312 g/mol. The Morgan fingerprint density at radius 1 is 1.29 bits per heavy atom. The number of para-hydroxylation sites is 1. The van der Waals surface area contributed by atoms with E-state index >= 15 is 0 Å². The number of carbonyl (C=O) groups is 1. The highest BCUT2D eigenvalue weighted by atomic mass is 32.2. The van der Waals surface area contributed by atoms with E-state index in [4.69, 9.17) is 0 Å². The van der Waals surface area contributed by atoms with Crippen molar-refractivity contribution >= 4 is 34.3 Å². The topological polar surface area (TPSA) is 42.0 Å². The Bertz CT molecular complexity index is 693. The van der Waals surface area contributed by atoms with Crippen LogP contribution in [0.3, 0.4) is 0 Å². The molecular weight excluding hydrogens is 301 g/mol. The van der Waals surface area contributed by atoms with E-state index in [-0.39, 0.29) is 17.3 Å². The second-order valence-corrected chi connectivity index (χ2v) is 5.13. The molecule has 0 atom stereocenters. The number of rotatable bonds is 3. The number of hydrogen-bond donors (Lipinski definition) is 1. The molecule has 0 saturated heterocycles. The van der Waals surface area contributed by atoms with Gasteiger partial charge in [-0.15, -0.1) is 0 Å². The highest BCUT2D eigenvalue weighted by Crippen LogP contribution is 2.32. The van der Waals surface area contributed by atoms with Gasteiger partial charge in [-0.25, -0.2) is 0 Å². The summed E-state index contributed by atoms with van der Waals surface area (Å²) in [5, 5.41) is 4.19. The van der Waals surface area contributed by atoms with Gasteiger partial charge in [0.25, 0.3) is 5.91 Å². The van der Waals surface area contributed by atoms with E-state index in [9.17, 15) is 18.0 Å². The van der Waals surface area contributed by atoms with Crippen LogP contribution < -0.4 is 5.32 Å². The molecule has 0 bridgehead atoms. The molecule has 0 spiro atoms. The second-order valence-electron chi connectivity index (χ2n) is 4.20. The first-order chi connectivity index (χ1) is 9.87. The fraction of sp³-hybridized carbons (Fsp3) is 0.143. The minimum Gasteiger partial charge on any atom is -0.320 e. The van der Waals surface area contributed by atoms with E-state index in [0.717, 1.165) is 10.8 Å². The van der Waals surface area contributed by atoms with Crippen molar-refractivity contribution in [3.63, 3.8) is 0 Å². The van der Waals surface area contributed by atoms with Crippen LogP contribution in [0.4, 0.5) is 18.9 Å². The van der Waals surface area contributed by atoms with Gasteiger partial charge in [-0.05, 0) is 36.2 Å². The summed E-state index contributed by atoms with van der Waals surface area (Å²) in [6, 6.07) is 8.82. The summed E-state index contributed by atoms with van der Waals surface area (Å²) >= 11 is -0.354. The van der Waals surface area contributed by atoms with E-state index in [1.807, 2.05) is 12.1 Å². The lowest BCUT2D eigenvalue weighted by Crippen LogP contribution is -2.13. The summed E-state index contributed by atoms with van der Waals surface area (Å²) in [5.41, 5.74) is -3.37. The molecule has 7 heteroatoms. The Morgan fingerprint density at radius 3 is 2.71 bits per heavy atom. The third-order valence-corrected chi connectivity index (χ3v) is 3.35. The van der Waals surface area contributed by atoms with E-state index in [1.54, 1.807) is 24.4 Å². The third kappa shape index (κ3) is 4.22. The molecule has 0 saturated carbocycles. The molecule has 1 aromatic heterocycles. The Morgan fingerprint density at radius 2 is 2.00 bits per heavy atom. The number of nitrogens with one attached hydrogen (secondary N) is 1. The van der Waals surface area contributed by atoms with Crippen LogP contribution in [0.1, 0.15) is 6.92 Å². The molecule has 0 aliphatic carbocycles. The van der Waals surface area contributed by atoms with Crippen LogP contribution in [0.2, 0.25) is 0 Å². The predicted octanol–water partition coefficient (Wildman–Crippen LogP) is 4.33. The van der Waals surface area contributed by atoms with Crippen molar-refractivity contribution < 1.29 is 18.0 Å². The molecule has 0 aliphatic heterocycles. The van der Waals surface area contributed by atoms with Crippen LogP contribution in [0.5, 0.6) is 0 Å². The molecule has 0 fully saturated rings. The minimum absolute atomic E-state index is 0.0229. The van der Waals surface area contributed by atoms with Gasteiger partial charge in [-0.3, -0.25) is 9.78 Å². The summed E-state index contributed by atoms with van der Waals surface area (Å²) in [7, 11) is 0. The molecule has 21 heavy (non-hydrogen) atoms. The Balaban J connectivity index is 2.18. The van der Waals surface area contributed by atoms with Crippen molar-refractivity contribution in [1.82, 2.24) is 4.98 Å². The van der Waals surface area contributed by atoms with Crippen LogP contribution in [0.15, 0.2) is 47.5 Å². The number of thioether (sulfide) groups is 1. The Hall–Kier alpha value is -2.02. The average molecular weight is 312 g/mol. The van der Waals surface area contributed by atoms with E-state index < -0.39 is 11.4 Å². The number of carbonyl (C=O) groups excluding carboxylic acids is 1. The molecule has 1 heterocycles. The first-order valence-corrected chi connectivity index (χ1v) is 6.81. The third-order valence-electron chi connectivity index (χ3n) is 2.61. The molecule has 0 aliphatic rings. The van der Waals surface area contributed by atoms with E-state index in [0.29, 0.717) is 11.2 Å². The normalized spacial score (nSPS) is 12.5. The number of anilines is 1. The molecule has 2 aromatic rings. The van der Waals surface area contributed by atoms with Crippen molar-refractivity contribution in [3.8, 4) is 0 Å². The fourth-order valence-corrected chi connectivity index (χ4v) is 2.05. The molecule has 1 N–H and O–H groups in total. The van der Waals surface area contributed by atoms with Crippen LogP contribution in [-0.4, -0.2) is 16.4 Å². The summed E-state index contributed by atoms with van der Waals surface area (Å²) in [6.07, 6.45) is 1.58. The summed E-state index contributed by atoms with van der Waals surface area (Å²) < 4.78 is 36.3. The lowest BCUT2D eigenvalue weighted by Gasteiger charge is -2.08. The van der Waals surface area contributed by atoms with E-state index in [2.05, 4.69) is 10.3 Å². The van der Waals surface area contributed by atoms with Crippen molar-refractivity contribution in [2.24, 2.45) is 0 Å². The molecule has 2 rings (SSSR count). The zero-order valence-electron chi connectivity index (χ0n) is 10.9. The molecule has 3 nitrogen and oxygen atoms in total. The highest BCUT2D eigenvalue weighted by Gasteiger charge is 2.27. The second kappa shape index (κ2) is 6.17. The van der Waals surface area contributed by atoms with Crippen molar-refractivity contribution in [2.45, 2.75) is 12.4 Å². The molecular formula is C14H11F3N2OS. The van der Waals surface area contributed by atoms with E-state index in [1.165, 1.54) is 6.92 Å². The zero-order chi connectivity index (χ0) is 15.5. The number of amides is 1. The number of aromatic nitrogens is 1. The van der Waals surface area contributed by atoms with Gasteiger partial charge in [0.1, 0.15) is 0 Å². The highest BCUT2D eigenvalue weighted by molar-refractivity contribution is 8.03. The molecule has 1 amide bonds. The molecule has 110 valence electrons. The van der Waals surface area contributed by atoms with Gasteiger partial charge in [-0.1, -0.05) is 18.2 Å². The van der Waals surface area contributed by atoms with Gasteiger partial charge in [0, 0.05) is 17.2 Å². The standard InChI is InChI=1S/C14H11F3N2OS/c1-9(8-21-14(15,16)17)13(20)19-11-6-2-4-10-5-3-7-18-12(10)11/h2-8H,1H3,(H,19,20)/b9-8-. The number of fused-ring (bicyclic) bond motifs is 1. The van der Waals surface area contributed by atoms with Crippen LogP contribution in [0, 0.1) is 0 Å². The maximum atomic E-state index is 12.1. The zero-order valence-corrected chi connectivity index (χ0v) is 11.8. The van der Waals surface area contributed by atoms with Gasteiger partial charge in [0.05, 0.1) is 11.2 Å². The Labute approximate surface area is 123 Å². The minimum atomic E-state index is -4.40. The van der Waals surface area contributed by atoms with Crippen LogP contribution in [0.25, 0.3) is 10.9 Å². The number of hydrogen-bond acceptors (Lipinski definition) is 3. The number of pyridine rings is 1. The first-order valence-electron chi connectivity index (χ1n) is 5.93. The number of alkyl halides is 3. The summed E-state index contributed by atoms with van der Waals surface area (Å²) in [5.74, 6) is -0.593. The number of benzene rings is 1. The maximum Gasteiger partial charge on any atom is 0.445 e. The van der Waals surface area contributed by atoms with Gasteiger partial charge in [-0.2, -0.15) is 13.2 Å². The quantitative estimate of drug-likeness (QED) is 0.858. The summed E-state index contributed by atoms with van der Waals surface area (Å²) in [4.78, 5) is 16.0. The lowest BCUT2D eigenvalue weighted by atomic mass is 10.2. The number of halogens is 3. The number of nitrogens with zero attached hydrogens (tertiary/aromatic N) is 1. The van der Waals surface area contributed by atoms with Gasteiger partial charge >= 0.3 is 5.51 Å². The van der Waals surface area contributed by atoms with Crippen LogP contribution >= 0.6 is 11.8 Å². The van der Waals surface area contributed by atoms with Gasteiger partial charge < -0.3 is 5.32 Å². The van der Waals surface area contributed by atoms with Crippen molar-refractivity contribution in [3.05, 3.63) is 47.5 Å². The Kier molecular flexibility index (Phi) is 4.52. The van der Waals surface area contributed by atoms with Crippen molar-refractivity contribution in [1.29, 1.82) is 0 Å². The average Bonchev–Trinajstić information content (AvgIpc) is 2.44. The molecule has 1 aromatic carbocycles. The summed E-state index contributed by atoms with van der Waals surface area (Å²) in [6.45, 7) is 1.33. The molecule has 0 radical (unpaired) electrons. The smallest absolute Gasteiger partial charge is 0.320 e.